The zero-order chi connectivity index (χ0) is 20.8. The molecule has 0 saturated carbocycles. The van der Waals surface area contributed by atoms with E-state index in [4.69, 9.17) is 8.61 Å². The van der Waals surface area contributed by atoms with Crippen molar-refractivity contribution >= 4 is 24.5 Å². The number of hydrogen-bond acceptors (Lipinski definition) is 5. The lowest BCUT2D eigenvalue weighted by atomic mass is 9.71. The molecule has 0 bridgehead atoms. The fourth-order valence-electron chi connectivity index (χ4n) is 3.29. The van der Waals surface area contributed by atoms with Crippen LogP contribution in [-0.4, -0.2) is 63.9 Å². The summed E-state index contributed by atoms with van der Waals surface area (Å²) >= 11 is 0. The van der Waals surface area contributed by atoms with E-state index in [-0.39, 0.29) is 11.6 Å². The standard InChI is InChI=1S/C17H35NO6SSi/c1-15(2,3)17(12-23-25(7,21)22)13(10-11-18(17)14(19)20)24-26(8,9)16(4,5)6/h13H,10-12H2,1-9H3,(H,19,20)/t13-,17+/m0/s1. The van der Waals surface area contributed by atoms with Crippen LogP contribution in [0.25, 0.3) is 0 Å². The third-order valence-corrected chi connectivity index (χ3v) is 10.9. The van der Waals surface area contributed by atoms with E-state index >= 15 is 0 Å². The lowest BCUT2D eigenvalue weighted by Crippen LogP contribution is -2.65. The molecule has 1 aliphatic rings. The molecule has 1 amide bonds. The maximum absolute atomic E-state index is 12.0. The minimum atomic E-state index is -3.72. The molecule has 1 saturated heterocycles. The van der Waals surface area contributed by atoms with Gasteiger partial charge in [-0.3, -0.25) is 9.08 Å². The van der Waals surface area contributed by atoms with E-state index in [0.717, 1.165) is 6.26 Å². The number of nitrogens with zero attached hydrogens (tertiary/aromatic N) is 1. The molecule has 0 aromatic carbocycles. The lowest BCUT2D eigenvalue weighted by molar-refractivity contribution is -0.0602. The second-order valence-corrected chi connectivity index (χ2v) is 16.1. The van der Waals surface area contributed by atoms with E-state index in [0.29, 0.717) is 13.0 Å². The number of amides is 1. The molecule has 26 heavy (non-hydrogen) atoms. The summed E-state index contributed by atoms with van der Waals surface area (Å²) in [4.78, 5) is 13.3. The van der Waals surface area contributed by atoms with Crippen LogP contribution < -0.4 is 0 Å². The van der Waals surface area contributed by atoms with Crippen molar-refractivity contribution in [3.8, 4) is 0 Å². The highest BCUT2D eigenvalue weighted by atomic mass is 32.2. The van der Waals surface area contributed by atoms with Crippen LogP contribution in [0.2, 0.25) is 18.1 Å². The molecular formula is C17H35NO6SSi. The molecule has 2 atom stereocenters. The molecule has 0 aromatic rings. The average Bonchev–Trinajstić information content (AvgIpc) is 2.72. The van der Waals surface area contributed by atoms with Gasteiger partial charge in [0.15, 0.2) is 8.32 Å². The number of hydrogen-bond donors (Lipinski definition) is 1. The Morgan fingerprint density at radius 1 is 1.23 bits per heavy atom. The van der Waals surface area contributed by atoms with Crippen LogP contribution in [0.4, 0.5) is 4.79 Å². The first kappa shape index (κ1) is 23.4. The van der Waals surface area contributed by atoms with Gasteiger partial charge in [-0.25, -0.2) is 4.79 Å². The predicted octanol–water partition coefficient (Wildman–Crippen LogP) is 3.52. The Balaban J connectivity index is 3.44. The highest BCUT2D eigenvalue weighted by Crippen LogP contribution is 2.48. The summed E-state index contributed by atoms with van der Waals surface area (Å²) in [6, 6.07) is 0. The average molecular weight is 410 g/mol. The highest BCUT2D eigenvalue weighted by Gasteiger charge is 2.60. The smallest absolute Gasteiger partial charge is 0.407 e. The van der Waals surface area contributed by atoms with Crippen LogP contribution in [0.1, 0.15) is 48.0 Å². The van der Waals surface area contributed by atoms with Crippen LogP contribution >= 0.6 is 0 Å². The quantitative estimate of drug-likeness (QED) is 0.551. The predicted molar refractivity (Wildman–Crippen MR) is 104 cm³/mol. The first-order valence-electron chi connectivity index (χ1n) is 8.88. The summed E-state index contributed by atoms with van der Waals surface area (Å²) in [5.41, 5.74) is -1.67. The molecule has 9 heteroatoms. The van der Waals surface area contributed by atoms with Crippen LogP contribution in [0.5, 0.6) is 0 Å². The van der Waals surface area contributed by atoms with E-state index in [1.54, 1.807) is 0 Å². The van der Waals surface area contributed by atoms with Gasteiger partial charge in [0.1, 0.15) is 5.54 Å². The molecule has 1 heterocycles. The summed E-state index contributed by atoms with van der Waals surface area (Å²) < 4.78 is 35.1. The Morgan fingerprint density at radius 2 is 1.73 bits per heavy atom. The second kappa shape index (κ2) is 7.07. The Morgan fingerprint density at radius 3 is 2.08 bits per heavy atom. The van der Waals surface area contributed by atoms with Gasteiger partial charge in [-0.2, -0.15) is 8.42 Å². The van der Waals surface area contributed by atoms with Gasteiger partial charge in [-0.15, -0.1) is 0 Å². The van der Waals surface area contributed by atoms with Gasteiger partial charge in [0.25, 0.3) is 10.1 Å². The number of rotatable bonds is 5. The molecule has 0 spiro atoms. The van der Waals surface area contributed by atoms with Crippen LogP contribution in [0.3, 0.4) is 0 Å². The second-order valence-electron chi connectivity index (χ2n) is 9.73. The molecule has 1 N–H and O–H groups in total. The molecule has 1 aliphatic heterocycles. The number of carbonyl (C=O) groups is 1. The summed E-state index contributed by atoms with van der Waals surface area (Å²) in [6.07, 6.45) is -0.0179. The van der Waals surface area contributed by atoms with Gasteiger partial charge >= 0.3 is 6.09 Å². The minimum absolute atomic E-state index is 0.0506. The Kier molecular flexibility index (Phi) is 6.36. The summed E-state index contributed by atoms with van der Waals surface area (Å²) in [5, 5.41) is 9.74. The van der Waals surface area contributed by atoms with E-state index in [9.17, 15) is 18.3 Å². The molecule has 0 aromatic heterocycles. The number of carboxylic acid groups (broad SMARTS) is 1. The maximum atomic E-state index is 12.0. The molecule has 1 rings (SSSR count). The Hall–Kier alpha value is -0.643. The SMILES string of the molecule is CC(C)(C)[C@@]1(COS(C)(=O)=O)[C@@H](O[Si](C)(C)C(C)(C)C)CCN1C(=O)O. The third-order valence-electron chi connectivity index (χ3n) is 5.89. The monoisotopic (exact) mass is 409 g/mol. The van der Waals surface area contributed by atoms with E-state index in [1.165, 1.54) is 4.90 Å². The first-order chi connectivity index (χ1) is 11.4. The molecule has 7 nitrogen and oxygen atoms in total. The van der Waals surface area contributed by atoms with Crippen LogP contribution in [0.15, 0.2) is 0 Å². The molecule has 1 fully saturated rings. The van der Waals surface area contributed by atoms with Crippen molar-refractivity contribution in [3.63, 3.8) is 0 Å². The molecule has 0 aliphatic carbocycles. The molecule has 0 unspecified atom stereocenters. The lowest BCUT2D eigenvalue weighted by Gasteiger charge is -2.52. The zero-order valence-corrected chi connectivity index (χ0v) is 19.4. The van der Waals surface area contributed by atoms with E-state index < -0.39 is 41.6 Å². The fraction of sp³-hybridized carbons (Fsp3) is 0.941. The van der Waals surface area contributed by atoms with E-state index in [1.807, 2.05) is 20.8 Å². The topological polar surface area (TPSA) is 93.1 Å². The van der Waals surface area contributed by atoms with Gasteiger partial charge in [-0.05, 0) is 30.0 Å². The normalized spacial score (nSPS) is 25.6. The van der Waals surface area contributed by atoms with Gasteiger partial charge in [0.05, 0.1) is 19.0 Å². The maximum Gasteiger partial charge on any atom is 0.407 e. The van der Waals surface area contributed by atoms with Crippen molar-refractivity contribution in [2.75, 3.05) is 19.4 Å². The van der Waals surface area contributed by atoms with Crippen molar-refractivity contribution in [3.05, 3.63) is 0 Å². The highest BCUT2D eigenvalue weighted by molar-refractivity contribution is 7.85. The van der Waals surface area contributed by atoms with Crippen molar-refractivity contribution in [2.24, 2.45) is 5.41 Å². The Bertz CT molecular complexity index is 635. The van der Waals surface area contributed by atoms with Gasteiger partial charge in [-0.1, -0.05) is 41.5 Å². The van der Waals surface area contributed by atoms with E-state index in [2.05, 4.69) is 33.9 Å². The zero-order valence-electron chi connectivity index (χ0n) is 17.5. The summed E-state index contributed by atoms with van der Waals surface area (Å²) in [5.74, 6) is 0. The molecule has 154 valence electrons. The van der Waals surface area contributed by atoms with Crippen molar-refractivity contribution < 1.29 is 26.9 Å². The fourth-order valence-corrected chi connectivity index (χ4v) is 5.06. The Labute approximate surface area is 159 Å². The van der Waals surface area contributed by atoms with Crippen LogP contribution in [0, 0.1) is 5.41 Å². The van der Waals surface area contributed by atoms with Crippen molar-refractivity contribution in [1.82, 2.24) is 4.90 Å². The van der Waals surface area contributed by atoms with Gasteiger partial charge < -0.3 is 9.53 Å². The molecular weight excluding hydrogens is 374 g/mol. The van der Waals surface area contributed by atoms with Gasteiger partial charge in [0.2, 0.25) is 0 Å². The van der Waals surface area contributed by atoms with Crippen LogP contribution in [-0.2, 0) is 18.7 Å². The summed E-state index contributed by atoms with van der Waals surface area (Å²) in [6.45, 7) is 16.3. The first-order valence-corrected chi connectivity index (χ1v) is 13.6. The molecule has 0 radical (unpaired) electrons. The minimum Gasteiger partial charge on any atom is -0.465 e. The third kappa shape index (κ3) is 4.60. The van der Waals surface area contributed by atoms with Crippen molar-refractivity contribution in [2.45, 2.75) is 77.7 Å². The largest absolute Gasteiger partial charge is 0.465 e. The number of likely N-dealkylation sites (tertiary alicyclic amines) is 1. The van der Waals surface area contributed by atoms with Crippen molar-refractivity contribution in [1.29, 1.82) is 0 Å². The van der Waals surface area contributed by atoms with Gasteiger partial charge in [0, 0.05) is 6.54 Å². The summed E-state index contributed by atoms with van der Waals surface area (Å²) in [7, 11) is -5.92.